The number of anilines is 1. The number of methoxy groups -OCH3 is 1. The average Bonchev–Trinajstić information content (AvgIpc) is 3.16. The lowest BCUT2D eigenvalue weighted by molar-refractivity contribution is -0.113. The van der Waals surface area contributed by atoms with Crippen LogP contribution in [0.3, 0.4) is 0 Å². The summed E-state index contributed by atoms with van der Waals surface area (Å²) < 4.78 is 30.4. The van der Waals surface area contributed by atoms with Crippen LogP contribution in [0, 0.1) is 0 Å². The van der Waals surface area contributed by atoms with Crippen molar-refractivity contribution in [3.8, 4) is 5.75 Å². The van der Waals surface area contributed by atoms with E-state index in [2.05, 4.69) is 22.3 Å². The summed E-state index contributed by atoms with van der Waals surface area (Å²) in [6, 6.07) is 15.9. The molecule has 2 heterocycles. The number of nitrogens with zero attached hydrogens (tertiary/aromatic N) is 1. The Hall–Kier alpha value is -3.21. The Kier molecular flexibility index (Phi) is 7.01. The fourth-order valence-electron chi connectivity index (χ4n) is 3.98. The summed E-state index contributed by atoms with van der Waals surface area (Å²) in [5.74, 6) is -1.60. The number of carbonyl (C=O) groups is 2. The maximum absolute atomic E-state index is 12.7. The van der Waals surface area contributed by atoms with Gasteiger partial charge in [0, 0.05) is 24.5 Å². The lowest BCUT2D eigenvalue weighted by atomic mass is 10.0. The molecule has 1 aliphatic heterocycles. The number of fused-ring (bicyclic) bond motifs is 1. The van der Waals surface area contributed by atoms with Gasteiger partial charge in [-0.2, -0.15) is 0 Å². The highest BCUT2D eigenvalue weighted by molar-refractivity contribution is 7.92. The van der Waals surface area contributed by atoms with E-state index in [1.165, 1.54) is 48.3 Å². The Morgan fingerprint density at radius 3 is 2.47 bits per heavy atom. The molecule has 0 saturated heterocycles. The summed E-state index contributed by atoms with van der Waals surface area (Å²) in [6.07, 6.45) is 0.622. The van der Waals surface area contributed by atoms with Gasteiger partial charge in [-0.15, -0.1) is 11.3 Å². The van der Waals surface area contributed by atoms with Crippen LogP contribution in [-0.2, 0) is 34.1 Å². The summed E-state index contributed by atoms with van der Waals surface area (Å²) in [6.45, 7) is 2.14. The van der Waals surface area contributed by atoms with Crippen LogP contribution >= 0.6 is 11.3 Å². The Balaban J connectivity index is 1.49. The van der Waals surface area contributed by atoms with E-state index in [4.69, 9.17) is 10.5 Å². The molecular formula is C24H25N3O5S2. The summed E-state index contributed by atoms with van der Waals surface area (Å²) in [5, 5.41) is 2.92. The molecule has 0 atom stereocenters. The Morgan fingerprint density at radius 1 is 1.12 bits per heavy atom. The summed E-state index contributed by atoms with van der Waals surface area (Å²) >= 11 is 1.27. The Bertz CT molecular complexity index is 1300. The first kappa shape index (κ1) is 23.9. The molecule has 10 heteroatoms. The Morgan fingerprint density at radius 2 is 1.82 bits per heavy atom. The van der Waals surface area contributed by atoms with Gasteiger partial charge in [0.05, 0.1) is 17.6 Å². The van der Waals surface area contributed by atoms with Crippen molar-refractivity contribution in [3.63, 3.8) is 0 Å². The number of benzene rings is 2. The van der Waals surface area contributed by atoms with Gasteiger partial charge < -0.3 is 15.8 Å². The molecule has 4 rings (SSSR count). The highest BCUT2D eigenvalue weighted by Crippen LogP contribution is 2.37. The first-order chi connectivity index (χ1) is 16.3. The highest BCUT2D eigenvalue weighted by Gasteiger charge is 2.29. The van der Waals surface area contributed by atoms with Gasteiger partial charge in [-0.1, -0.05) is 30.3 Å². The Labute approximate surface area is 202 Å². The second-order valence-corrected chi connectivity index (χ2v) is 11.1. The molecule has 0 bridgehead atoms. The standard InChI is InChI=1S/C24H25N3O5S2/c1-32-17-7-9-18(10-8-17)34(30,31)15-21(28)26-24-22(23(25)29)19-11-12-27(14-20(19)33-24)13-16-5-3-2-4-6-16/h2-10H,11-15H2,1H3,(H2,25,29)(H,26,28). The predicted molar refractivity (Wildman–Crippen MR) is 131 cm³/mol. The van der Waals surface area contributed by atoms with Crippen LogP contribution in [0.5, 0.6) is 5.75 Å². The number of rotatable bonds is 8. The maximum Gasteiger partial charge on any atom is 0.251 e. The number of sulfone groups is 1. The second-order valence-electron chi connectivity index (χ2n) is 8.00. The van der Waals surface area contributed by atoms with Crippen LogP contribution in [0.4, 0.5) is 5.00 Å². The van der Waals surface area contributed by atoms with E-state index in [1.807, 2.05) is 18.2 Å². The molecule has 0 unspecified atom stereocenters. The summed E-state index contributed by atoms with van der Waals surface area (Å²) in [7, 11) is -2.39. The normalized spacial score (nSPS) is 13.8. The first-order valence-electron chi connectivity index (χ1n) is 10.6. The van der Waals surface area contributed by atoms with Crippen molar-refractivity contribution in [2.24, 2.45) is 5.73 Å². The van der Waals surface area contributed by atoms with E-state index < -0.39 is 27.4 Å². The molecule has 0 aliphatic carbocycles. The van der Waals surface area contributed by atoms with Crippen LogP contribution < -0.4 is 15.8 Å². The quantitative estimate of drug-likeness (QED) is 0.492. The van der Waals surface area contributed by atoms with Gasteiger partial charge in [-0.25, -0.2) is 8.42 Å². The fourth-order valence-corrected chi connectivity index (χ4v) is 6.43. The lowest BCUT2D eigenvalue weighted by Gasteiger charge is -2.27. The zero-order valence-electron chi connectivity index (χ0n) is 18.6. The van der Waals surface area contributed by atoms with E-state index >= 15 is 0 Å². The number of nitrogens with one attached hydrogen (secondary N) is 1. The SMILES string of the molecule is COc1ccc(S(=O)(=O)CC(=O)Nc2sc3c(c2C(N)=O)CCN(Cc2ccccc2)C3)cc1. The topological polar surface area (TPSA) is 119 Å². The third kappa shape index (κ3) is 5.30. The van der Waals surface area contributed by atoms with Gasteiger partial charge in [-0.3, -0.25) is 14.5 Å². The molecule has 2 amide bonds. The molecule has 3 aromatic rings. The van der Waals surface area contributed by atoms with E-state index in [0.29, 0.717) is 23.7 Å². The molecule has 34 heavy (non-hydrogen) atoms. The number of ether oxygens (including phenoxy) is 1. The van der Waals surface area contributed by atoms with Crippen LogP contribution in [0.15, 0.2) is 59.5 Å². The molecule has 1 aromatic heterocycles. The average molecular weight is 500 g/mol. The lowest BCUT2D eigenvalue weighted by Crippen LogP contribution is -2.30. The van der Waals surface area contributed by atoms with Crippen molar-refractivity contribution in [1.82, 2.24) is 4.90 Å². The third-order valence-corrected chi connectivity index (χ3v) is 8.39. The van der Waals surface area contributed by atoms with Crippen molar-refractivity contribution < 1.29 is 22.7 Å². The molecule has 3 N–H and O–H groups in total. The van der Waals surface area contributed by atoms with Gasteiger partial charge in [0.15, 0.2) is 9.84 Å². The number of nitrogens with two attached hydrogens (primary N) is 1. The minimum Gasteiger partial charge on any atom is -0.497 e. The molecule has 178 valence electrons. The zero-order chi connectivity index (χ0) is 24.3. The van der Waals surface area contributed by atoms with Crippen LogP contribution in [-0.4, -0.2) is 44.5 Å². The minimum absolute atomic E-state index is 0.0144. The minimum atomic E-state index is -3.87. The molecule has 0 radical (unpaired) electrons. The fraction of sp³-hybridized carbons (Fsp3) is 0.250. The van der Waals surface area contributed by atoms with E-state index in [9.17, 15) is 18.0 Å². The van der Waals surface area contributed by atoms with Gasteiger partial charge >= 0.3 is 0 Å². The first-order valence-corrected chi connectivity index (χ1v) is 13.1. The molecular weight excluding hydrogens is 474 g/mol. The van der Waals surface area contributed by atoms with Crippen molar-refractivity contribution in [2.75, 3.05) is 24.7 Å². The third-order valence-electron chi connectivity index (χ3n) is 5.62. The number of amides is 2. The highest BCUT2D eigenvalue weighted by atomic mass is 32.2. The zero-order valence-corrected chi connectivity index (χ0v) is 20.2. The number of primary amides is 1. The summed E-state index contributed by atoms with van der Waals surface area (Å²) in [5.41, 5.74) is 7.93. The van der Waals surface area contributed by atoms with Crippen LogP contribution in [0.2, 0.25) is 0 Å². The summed E-state index contributed by atoms with van der Waals surface area (Å²) in [4.78, 5) is 28.1. The molecule has 8 nitrogen and oxygen atoms in total. The van der Waals surface area contributed by atoms with Crippen molar-refractivity contribution in [2.45, 2.75) is 24.4 Å². The largest absolute Gasteiger partial charge is 0.497 e. The smallest absolute Gasteiger partial charge is 0.251 e. The number of thiophene rings is 1. The predicted octanol–water partition coefficient (Wildman–Crippen LogP) is 2.83. The van der Waals surface area contributed by atoms with Crippen LogP contribution in [0.1, 0.15) is 26.4 Å². The molecule has 0 fully saturated rings. The van der Waals surface area contributed by atoms with Crippen LogP contribution in [0.25, 0.3) is 0 Å². The number of hydrogen-bond donors (Lipinski definition) is 2. The second kappa shape index (κ2) is 9.96. The monoisotopic (exact) mass is 499 g/mol. The van der Waals surface area contributed by atoms with Gasteiger partial charge in [-0.05, 0) is 41.8 Å². The van der Waals surface area contributed by atoms with Crippen molar-refractivity contribution in [1.29, 1.82) is 0 Å². The number of hydrogen-bond acceptors (Lipinski definition) is 7. The van der Waals surface area contributed by atoms with Crippen molar-refractivity contribution in [3.05, 3.63) is 76.2 Å². The number of carbonyl (C=O) groups excluding carboxylic acids is 2. The van der Waals surface area contributed by atoms with E-state index in [0.717, 1.165) is 23.5 Å². The molecule has 0 saturated carbocycles. The molecule has 2 aromatic carbocycles. The van der Waals surface area contributed by atoms with E-state index in [1.54, 1.807) is 0 Å². The van der Waals surface area contributed by atoms with Crippen molar-refractivity contribution >= 4 is 38.0 Å². The maximum atomic E-state index is 12.7. The van der Waals surface area contributed by atoms with Gasteiger partial charge in [0.2, 0.25) is 5.91 Å². The van der Waals surface area contributed by atoms with Gasteiger partial charge in [0.1, 0.15) is 16.5 Å². The van der Waals surface area contributed by atoms with Gasteiger partial charge in [0.25, 0.3) is 5.91 Å². The van der Waals surface area contributed by atoms with E-state index in [-0.39, 0.29) is 10.5 Å². The molecule has 0 spiro atoms. The molecule has 1 aliphatic rings.